The lowest BCUT2D eigenvalue weighted by Gasteiger charge is -2.04. The second-order valence-corrected chi connectivity index (χ2v) is 8.56. The molecule has 1 rings (SSSR count). The maximum atomic E-state index is 10.9. The van der Waals surface area contributed by atoms with E-state index in [4.69, 9.17) is 4.74 Å². The van der Waals surface area contributed by atoms with Gasteiger partial charge in [-0.25, -0.2) is 9.36 Å². The third-order valence-corrected chi connectivity index (χ3v) is 5.87. The molecule has 3 nitrogen and oxygen atoms in total. The maximum Gasteiger partial charge on any atom is 0.330 e. The minimum atomic E-state index is -0.303. The minimum absolute atomic E-state index is 0. The van der Waals surface area contributed by atoms with Crippen molar-refractivity contribution in [3.8, 4) is 0 Å². The summed E-state index contributed by atoms with van der Waals surface area (Å²) in [7, 11) is 0. The third-order valence-electron chi connectivity index (χ3n) is 5.87. The molecule has 0 unspecified atom stereocenters. The molecule has 0 aromatic carbocycles. The molecule has 1 aromatic heterocycles. The molecule has 0 fully saturated rings. The van der Waals surface area contributed by atoms with Crippen molar-refractivity contribution in [2.75, 3.05) is 6.61 Å². The Hall–Kier alpha value is -1.35. The zero-order valence-corrected chi connectivity index (χ0v) is 20.7. The first-order valence-corrected chi connectivity index (χ1v) is 12.5. The van der Waals surface area contributed by atoms with Gasteiger partial charge in [-0.15, -0.1) is 0 Å². The second-order valence-electron chi connectivity index (χ2n) is 8.56. The van der Waals surface area contributed by atoms with E-state index in [2.05, 4.69) is 42.5 Å². The average molecular weight is 452 g/mol. The molecule has 0 aliphatic rings. The molecule has 0 aliphatic carbocycles. The Labute approximate surface area is 198 Å². The van der Waals surface area contributed by atoms with E-state index < -0.39 is 0 Å². The summed E-state index contributed by atoms with van der Waals surface area (Å²) in [6, 6.07) is 6.43. The highest BCUT2D eigenvalue weighted by Gasteiger charge is 2.03. The molecule has 0 saturated heterocycles. The number of unbranched alkanes of at least 4 members (excludes halogenated alkanes) is 15. The number of esters is 1. The highest BCUT2D eigenvalue weighted by atomic mass is 35.5. The van der Waals surface area contributed by atoms with Crippen molar-refractivity contribution < 1.29 is 26.5 Å². The number of halogens is 1. The standard InChI is InChI=1S/C27H46NO2.ClH/c1-3-27(29)30-25-21-17-15-13-11-9-7-5-4-6-8-10-12-14-16-19-23-28-24-20-18-22-26(28)2;/h3,18,20,22,24H,1,4-17,19,21,23,25H2,2H3;1H/q+1;/p-1. The summed E-state index contributed by atoms with van der Waals surface area (Å²) in [4.78, 5) is 10.9. The van der Waals surface area contributed by atoms with Crippen LogP contribution >= 0.6 is 0 Å². The van der Waals surface area contributed by atoms with Crippen LogP contribution in [0.3, 0.4) is 0 Å². The molecule has 178 valence electrons. The van der Waals surface area contributed by atoms with Crippen LogP contribution in [0.4, 0.5) is 0 Å². The highest BCUT2D eigenvalue weighted by molar-refractivity contribution is 5.81. The van der Waals surface area contributed by atoms with Crippen LogP contribution in [0, 0.1) is 6.92 Å². The van der Waals surface area contributed by atoms with E-state index >= 15 is 0 Å². The van der Waals surface area contributed by atoms with Gasteiger partial charge in [-0.05, 0) is 12.8 Å². The zero-order chi connectivity index (χ0) is 21.7. The molecule has 0 aliphatic heterocycles. The van der Waals surface area contributed by atoms with Gasteiger partial charge in [-0.3, -0.25) is 0 Å². The molecule has 4 heteroatoms. The minimum Gasteiger partial charge on any atom is -1.00 e. The van der Waals surface area contributed by atoms with Gasteiger partial charge in [0, 0.05) is 31.6 Å². The van der Waals surface area contributed by atoms with Gasteiger partial charge in [0.1, 0.15) is 6.54 Å². The topological polar surface area (TPSA) is 30.2 Å². The smallest absolute Gasteiger partial charge is 0.330 e. The van der Waals surface area contributed by atoms with Crippen LogP contribution < -0.4 is 17.0 Å². The quantitative estimate of drug-likeness (QED) is 0.128. The summed E-state index contributed by atoms with van der Waals surface area (Å²) in [5.41, 5.74) is 1.36. The lowest BCUT2D eigenvalue weighted by Crippen LogP contribution is -3.00. The highest BCUT2D eigenvalue weighted by Crippen LogP contribution is 2.13. The van der Waals surface area contributed by atoms with Gasteiger partial charge in [0.15, 0.2) is 11.9 Å². The summed E-state index contributed by atoms with van der Waals surface area (Å²) >= 11 is 0. The summed E-state index contributed by atoms with van der Waals surface area (Å²) in [5, 5.41) is 0. The van der Waals surface area contributed by atoms with Crippen LogP contribution in [-0.4, -0.2) is 12.6 Å². The summed E-state index contributed by atoms with van der Waals surface area (Å²) < 4.78 is 7.34. The molecule has 1 aromatic rings. The number of carbonyl (C=O) groups excluding carboxylic acids is 1. The Balaban J connectivity index is 0.00000900. The molecule has 0 saturated carbocycles. The van der Waals surface area contributed by atoms with Crippen molar-refractivity contribution in [2.45, 2.75) is 116 Å². The Bertz CT molecular complexity index is 562. The summed E-state index contributed by atoms with van der Waals surface area (Å²) in [6.07, 6.45) is 24.8. The third kappa shape index (κ3) is 18.0. The van der Waals surface area contributed by atoms with Crippen LogP contribution in [0.2, 0.25) is 0 Å². The van der Waals surface area contributed by atoms with E-state index in [-0.39, 0.29) is 18.4 Å². The van der Waals surface area contributed by atoms with Crippen LogP contribution in [0.1, 0.15) is 108 Å². The van der Waals surface area contributed by atoms with E-state index in [0.717, 1.165) is 19.4 Å². The largest absolute Gasteiger partial charge is 1.00 e. The van der Waals surface area contributed by atoms with E-state index in [9.17, 15) is 4.79 Å². The van der Waals surface area contributed by atoms with Crippen LogP contribution in [0.5, 0.6) is 0 Å². The number of pyridine rings is 1. The van der Waals surface area contributed by atoms with E-state index in [0.29, 0.717) is 6.61 Å². The fraction of sp³-hybridized carbons (Fsp3) is 0.704. The van der Waals surface area contributed by atoms with Crippen molar-refractivity contribution in [2.24, 2.45) is 0 Å². The summed E-state index contributed by atoms with van der Waals surface area (Å²) in [6.45, 7) is 7.29. The first-order valence-electron chi connectivity index (χ1n) is 12.5. The Morgan fingerprint density at radius 1 is 0.806 bits per heavy atom. The molecular weight excluding hydrogens is 406 g/mol. The summed E-state index contributed by atoms with van der Waals surface area (Å²) in [5.74, 6) is -0.303. The predicted octanol–water partition coefficient (Wildman–Crippen LogP) is 4.26. The fourth-order valence-electron chi connectivity index (χ4n) is 3.90. The van der Waals surface area contributed by atoms with Gasteiger partial charge in [0.05, 0.1) is 6.61 Å². The van der Waals surface area contributed by atoms with E-state index in [1.54, 1.807) is 0 Å². The van der Waals surface area contributed by atoms with Crippen LogP contribution in [-0.2, 0) is 16.1 Å². The van der Waals surface area contributed by atoms with Gasteiger partial charge in [0.2, 0.25) is 0 Å². The molecule has 0 atom stereocenters. The number of rotatable bonds is 20. The van der Waals surface area contributed by atoms with E-state index in [1.807, 2.05) is 0 Å². The number of carbonyl (C=O) groups is 1. The normalized spacial score (nSPS) is 10.5. The number of aromatic nitrogens is 1. The molecular formula is C27H46ClNO2. The molecule has 31 heavy (non-hydrogen) atoms. The Morgan fingerprint density at radius 2 is 1.26 bits per heavy atom. The van der Waals surface area contributed by atoms with Crippen molar-refractivity contribution in [3.05, 3.63) is 42.7 Å². The lowest BCUT2D eigenvalue weighted by molar-refractivity contribution is -0.703. The SMILES string of the molecule is C=CC(=O)OCCCCCCCCCCCCCCCCCC[n+]1ccccc1C.[Cl-]. The predicted molar refractivity (Wildman–Crippen MR) is 126 cm³/mol. The van der Waals surface area contributed by atoms with Crippen molar-refractivity contribution in [1.29, 1.82) is 0 Å². The number of hydrogen-bond acceptors (Lipinski definition) is 2. The van der Waals surface area contributed by atoms with Crippen molar-refractivity contribution >= 4 is 5.97 Å². The molecule has 0 amide bonds. The van der Waals surface area contributed by atoms with Crippen LogP contribution in [0.15, 0.2) is 37.1 Å². The Kier molecular flexibility index (Phi) is 20.9. The molecule has 0 bridgehead atoms. The van der Waals surface area contributed by atoms with Crippen LogP contribution in [0.25, 0.3) is 0 Å². The second kappa shape index (κ2) is 21.9. The number of aryl methyl sites for hydroxylation is 2. The lowest BCUT2D eigenvalue weighted by atomic mass is 10.0. The molecule has 0 spiro atoms. The van der Waals surface area contributed by atoms with Gasteiger partial charge >= 0.3 is 5.97 Å². The fourth-order valence-corrected chi connectivity index (χ4v) is 3.90. The first-order chi connectivity index (χ1) is 14.7. The first kappa shape index (κ1) is 29.7. The number of ether oxygens (including phenoxy) is 1. The van der Waals surface area contributed by atoms with Crippen molar-refractivity contribution in [3.63, 3.8) is 0 Å². The van der Waals surface area contributed by atoms with Crippen molar-refractivity contribution in [1.82, 2.24) is 0 Å². The maximum absolute atomic E-state index is 10.9. The number of nitrogens with zero attached hydrogens (tertiary/aromatic N) is 1. The number of hydrogen-bond donors (Lipinski definition) is 0. The van der Waals surface area contributed by atoms with E-state index in [1.165, 1.54) is 102 Å². The molecule has 1 heterocycles. The zero-order valence-electron chi connectivity index (χ0n) is 20.0. The monoisotopic (exact) mass is 451 g/mol. The van der Waals surface area contributed by atoms with Gasteiger partial charge < -0.3 is 17.1 Å². The molecule has 0 N–H and O–H groups in total. The van der Waals surface area contributed by atoms with Gasteiger partial charge in [0.25, 0.3) is 0 Å². The average Bonchev–Trinajstić information content (AvgIpc) is 2.76. The van der Waals surface area contributed by atoms with Gasteiger partial charge in [-0.1, -0.05) is 96.1 Å². The molecule has 0 radical (unpaired) electrons. The van der Waals surface area contributed by atoms with Gasteiger partial charge in [-0.2, -0.15) is 0 Å². The Morgan fingerprint density at radius 3 is 1.71 bits per heavy atom.